The summed E-state index contributed by atoms with van der Waals surface area (Å²) in [4.78, 5) is 11.6. The molecule has 1 aromatic rings. The monoisotopic (exact) mass is 277 g/mol. The van der Waals surface area contributed by atoms with Crippen molar-refractivity contribution in [2.24, 2.45) is 0 Å². The number of aryl methyl sites for hydroxylation is 1. The van der Waals surface area contributed by atoms with Crippen LogP contribution in [-0.2, 0) is 4.79 Å². The molecule has 1 unspecified atom stereocenters. The first-order valence-corrected chi connectivity index (χ1v) is 5.48. The minimum Gasteiger partial charge on any atom is -0.480 e. The Morgan fingerprint density at radius 3 is 2.26 bits per heavy atom. The summed E-state index contributed by atoms with van der Waals surface area (Å²) in [5.74, 6) is -1.27. The zero-order valence-corrected chi connectivity index (χ0v) is 10.2. The lowest BCUT2D eigenvalue weighted by atomic mass is 10.2. The van der Waals surface area contributed by atoms with Crippen molar-refractivity contribution >= 4 is 11.7 Å². The summed E-state index contributed by atoms with van der Waals surface area (Å²) < 4.78 is 36.9. The van der Waals surface area contributed by atoms with Crippen LogP contribution in [0.3, 0.4) is 0 Å². The van der Waals surface area contributed by atoms with Crippen molar-refractivity contribution in [3.8, 4) is 0 Å². The summed E-state index contributed by atoms with van der Waals surface area (Å²) in [5, 5.41) is 17.7. The fourth-order valence-corrected chi connectivity index (χ4v) is 1.49. The van der Waals surface area contributed by atoms with Crippen LogP contribution in [-0.4, -0.2) is 41.6 Å². The second kappa shape index (κ2) is 5.92. The van der Waals surface area contributed by atoms with Crippen molar-refractivity contribution in [3.63, 3.8) is 0 Å². The Bertz CT molecular complexity index is 431. The molecule has 0 amide bonds. The largest absolute Gasteiger partial charge is 0.480 e. The first-order chi connectivity index (χ1) is 8.70. The zero-order valence-electron chi connectivity index (χ0n) is 10.2. The van der Waals surface area contributed by atoms with Crippen molar-refractivity contribution in [1.29, 1.82) is 0 Å². The van der Waals surface area contributed by atoms with Gasteiger partial charge >= 0.3 is 12.1 Å². The fraction of sp³-hybridized carbons (Fsp3) is 0.417. The van der Waals surface area contributed by atoms with Crippen molar-refractivity contribution in [3.05, 3.63) is 29.8 Å². The minimum atomic E-state index is -4.78. The summed E-state index contributed by atoms with van der Waals surface area (Å²) >= 11 is 0. The van der Waals surface area contributed by atoms with Gasteiger partial charge in [0, 0.05) is 5.69 Å². The molecule has 0 bridgehead atoms. The number of hydrogen-bond acceptors (Lipinski definition) is 3. The molecule has 1 aromatic carbocycles. The van der Waals surface area contributed by atoms with Gasteiger partial charge in [0.15, 0.2) is 6.10 Å². The van der Waals surface area contributed by atoms with Gasteiger partial charge in [0.25, 0.3) is 0 Å². The maximum absolute atomic E-state index is 12.3. The van der Waals surface area contributed by atoms with Crippen LogP contribution in [0.2, 0.25) is 0 Å². The highest BCUT2D eigenvalue weighted by Gasteiger charge is 2.39. The third kappa shape index (κ3) is 4.78. The van der Waals surface area contributed by atoms with Crippen LogP contribution in [0.5, 0.6) is 0 Å². The first-order valence-electron chi connectivity index (χ1n) is 5.48. The van der Waals surface area contributed by atoms with Gasteiger partial charge in [-0.05, 0) is 19.1 Å². The molecule has 0 heterocycles. The van der Waals surface area contributed by atoms with E-state index < -0.39 is 31.3 Å². The highest BCUT2D eigenvalue weighted by molar-refractivity contribution is 5.73. The van der Waals surface area contributed by atoms with E-state index in [1.54, 1.807) is 19.1 Å². The van der Waals surface area contributed by atoms with E-state index in [9.17, 15) is 18.0 Å². The molecule has 7 heteroatoms. The number of carbonyl (C=O) groups is 1. The molecule has 0 saturated heterocycles. The third-order valence-electron chi connectivity index (χ3n) is 2.50. The van der Waals surface area contributed by atoms with Crippen LogP contribution in [0.1, 0.15) is 5.56 Å². The van der Waals surface area contributed by atoms with E-state index in [1.807, 2.05) is 0 Å². The molecule has 1 rings (SSSR count). The van der Waals surface area contributed by atoms with Crippen molar-refractivity contribution in [2.75, 3.05) is 18.0 Å². The summed E-state index contributed by atoms with van der Waals surface area (Å²) in [6.45, 7) is 0.366. The van der Waals surface area contributed by atoms with Crippen LogP contribution < -0.4 is 4.90 Å². The van der Waals surface area contributed by atoms with Gasteiger partial charge < -0.3 is 15.1 Å². The predicted octanol–water partition coefficient (Wildman–Crippen LogP) is 1.81. The van der Waals surface area contributed by atoms with E-state index >= 15 is 0 Å². The number of rotatable bonds is 5. The fourth-order valence-electron chi connectivity index (χ4n) is 1.49. The van der Waals surface area contributed by atoms with Gasteiger partial charge in [-0.2, -0.15) is 13.2 Å². The van der Waals surface area contributed by atoms with Crippen LogP contribution in [0.4, 0.5) is 18.9 Å². The highest BCUT2D eigenvalue weighted by Crippen LogP contribution is 2.23. The quantitative estimate of drug-likeness (QED) is 0.861. The Morgan fingerprint density at radius 2 is 1.84 bits per heavy atom. The van der Waals surface area contributed by atoms with Gasteiger partial charge in [-0.1, -0.05) is 17.7 Å². The van der Waals surface area contributed by atoms with Crippen molar-refractivity contribution < 1.29 is 28.2 Å². The van der Waals surface area contributed by atoms with Crippen molar-refractivity contribution in [1.82, 2.24) is 0 Å². The molecule has 0 aliphatic carbocycles. The van der Waals surface area contributed by atoms with Gasteiger partial charge in [0.1, 0.15) is 6.54 Å². The number of carboxylic acid groups (broad SMARTS) is 1. The molecule has 0 aromatic heterocycles. The average molecular weight is 277 g/mol. The van der Waals surface area contributed by atoms with E-state index in [2.05, 4.69) is 0 Å². The zero-order chi connectivity index (χ0) is 14.6. The topological polar surface area (TPSA) is 60.8 Å². The second-order valence-electron chi connectivity index (χ2n) is 4.17. The maximum atomic E-state index is 12.3. The molecule has 106 valence electrons. The van der Waals surface area contributed by atoms with Gasteiger partial charge in [-0.25, -0.2) is 0 Å². The molecule has 19 heavy (non-hydrogen) atoms. The number of alkyl halides is 3. The third-order valence-corrected chi connectivity index (χ3v) is 2.50. The molecule has 1 atom stereocenters. The molecule has 0 saturated carbocycles. The average Bonchev–Trinajstić information content (AvgIpc) is 2.27. The second-order valence-corrected chi connectivity index (χ2v) is 4.17. The smallest absolute Gasteiger partial charge is 0.416 e. The van der Waals surface area contributed by atoms with Gasteiger partial charge in [-0.15, -0.1) is 0 Å². The summed E-state index contributed by atoms with van der Waals surface area (Å²) in [7, 11) is 0. The summed E-state index contributed by atoms with van der Waals surface area (Å²) in [6, 6.07) is 6.34. The van der Waals surface area contributed by atoms with Gasteiger partial charge in [0.05, 0.1) is 6.54 Å². The SMILES string of the molecule is Cc1ccc(N(CC(=O)O)CC(O)C(F)(F)F)cc1. The Kier molecular flexibility index (Phi) is 4.77. The van der Waals surface area contributed by atoms with Crippen LogP contribution in [0.25, 0.3) is 0 Å². The number of aliphatic carboxylic acids is 1. The van der Waals surface area contributed by atoms with E-state index in [-0.39, 0.29) is 0 Å². The van der Waals surface area contributed by atoms with E-state index in [0.29, 0.717) is 5.69 Å². The first kappa shape index (κ1) is 15.3. The number of benzene rings is 1. The summed E-state index contributed by atoms with van der Waals surface area (Å²) in [6.07, 6.45) is -7.37. The van der Waals surface area contributed by atoms with E-state index in [1.165, 1.54) is 12.1 Å². The minimum absolute atomic E-state index is 0.316. The predicted molar refractivity (Wildman–Crippen MR) is 63.1 cm³/mol. The Morgan fingerprint density at radius 1 is 1.32 bits per heavy atom. The number of aliphatic hydroxyl groups is 1. The number of nitrogens with zero attached hydrogens (tertiary/aromatic N) is 1. The standard InChI is InChI=1S/C12H14F3NO3/c1-8-2-4-9(5-3-8)16(7-11(18)19)6-10(17)12(13,14)15/h2-5,10,17H,6-7H2,1H3,(H,18,19). The molecular weight excluding hydrogens is 263 g/mol. The Labute approximate surface area is 108 Å². The molecule has 2 N–H and O–H groups in total. The number of hydrogen-bond donors (Lipinski definition) is 2. The molecule has 0 aliphatic heterocycles. The Balaban J connectivity index is 2.89. The lowest BCUT2D eigenvalue weighted by Gasteiger charge is -2.26. The van der Waals surface area contributed by atoms with Crippen molar-refractivity contribution in [2.45, 2.75) is 19.2 Å². The highest BCUT2D eigenvalue weighted by atomic mass is 19.4. The molecule has 0 fully saturated rings. The molecule has 0 spiro atoms. The van der Waals surface area contributed by atoms with Gasteiger partial charge in [0.2, 0.25) is 0 Å². The van der Waals surface area contributed by atoms with Crippen LogP contribution in [0.15, 0.2) is 24.3 Å². The van der Waals surface area contributed by atoms with Crippen LogP contribution >= 0.6 is 0 Å². The molecule has 4 nitrogen and oxygen atoms in total. The number of aliphatic hydroxyl groups excluding tert-OH is 1. The maximum Gasteiger partial charge on any atom is 0.416 e. The summed E-state index contributed by atoms with van der Waals surface area (Å²) in [5.41, 5.74) is 1.21. The normalized spacial score (nSPS) is 13.1. The van der Waals surface area contributed by atoms with Crippen LogP contribution in [0, 0.1) is 6.92 Å². The lowest BCUT2D eigenvalue weighted by Crippen LogP contribution is -2.43. The Hall–Kier alpha value is -1.76. The lowest BCUT2D eigenvalue weighted by molar-refractivity contribution is -0.200. The van der Waals surface area contributed by atoms with Gasteiger partial charge in [-0.3, -0.25) is 4.79 Å². The molecule has 0 aliphatic rings. The van der Waals surface area contributed by atoms with E-state index in [4.69, 9.17) is 10.2 Å². The van der Waals surface area contributed by atoms with E-state index in [0.717, 1.165) is 10.5 Å². The number of carboxylic acids is 1. The molecule has 0 radical (unpaired) electrons. The molecular formula is C12H14F3NO3. The number of halogens is 3. The number of anilines is 1.